The van der Waals surface area contributed by atoms with E-state index >= 15 is 0 Å². The second-order valence-electron chi connectivity index (χ2n) is 4.09. The lowest BCUT2D eigenvalue weighted by Gasteiger charge is -2.12. The van der Waals surface area contributed by atoms with Crippen molar-refractivity contribution in [2.24, 2.45) is 0 Å². The van der Waals surface area contributed by atoms with E-state index in [2.05, 4.69) is 15.9 Å². The van der Waals surface area contributed by atoms with Crippen LogP contribution in [0.1, 0.15) is 16.0 Å². The molecule has 1 unspecified atom stereocenters. The van der Waals surface area contributed by atoms with Gasteiger partial charge in [-0.25, -0.2) is 13.2 Å². The molecule has 0 aliphatic carbocycles. The number of hydrogen-bond donors (Lipinski definition) is 0. The number of benzene rings is 2. The molecule has 19 heavy (non-hydrogen) atoms. The van der Waals surface area contributed by atoms with Gasteiger partial charge in [-0.1, -0.05) is 39.7 Å². The van der Waals surface area contributed by atoms with Gasteiger partial charge in [0.25, 0.3) is 0 Å². The summed E-state index contributed by atoms with van der Waals surface area (Å²) in [6.45, 7) is 0. The molecule has 0 heterocycles. The van der Waals surface area contributed by atoms with Gasteiger partial charge in [-0.15, -0.1) is 0 Å². The van der Waals surface area contributed by atoms with E-state index in [-0.39, 0.29) is 5.56 Å². The maximum atomic E-state index is 13.6. The third-order valence-electron chi connectivity index (χ3n) is 2.71. The molecule has 0 saturated carbocycles. The molecule has 100 valence electrons. The maximum absolute atomic E-state index is 13.6. The van der Waals surface area contributed by atoms with Crippen LogP contribution in [-0.4, -0.2) is 0 Å². The van der Waals surface area contributed by atoms with Crippen molar-refractivity contribution in [3.05, 3.63) is 70.0 Å². The summed E-state index contributed by atoms with van der Waals surface area (Å²) in [5.74, 6) is -3.01. The Bertz CT molecular complexity index is 584. The second kappa shape index (κ2) is 5.97. The first kappa shape index (κ1) is 14.4. The minimum atomic E-state index is -1.19. The monoisotopic (exact) mass is 348 g/mol. The molecule has 2 aromatic carbocycles. The van der Waals surface area contributed by atoms with Gasteiger partial charge in [-0.2, -0.15) is 0 Å². The van der Waals surface area contributed by atoms with E-state index in [9.17, 15) is 13.2 Å². The largest absolute Gasteiger partial charge is 0.207 e. The lowest BCUT2D eigenvalue weighted by atomic mass is 10.0. The fourth-order valence-corrected chi connectivity index (χ4v) is 2.57. The average Bonchev–Trinajstić information content (AvgIpc) is 2.36. The molecule has 0 radical (unpaired) electrons. The molecule has 0 bridgehead atoms. The van der Waals surface area contributed by atoms with Crippen LogP contribution in [0.4, 0.5) is 13.2 Å². The molecule has 0 nitrogen and oxygen atoms in total. The first-order chi connectivity index (χ1) is 8.97. The fraction of sp³-hybridized carbons (Fsp3) is 0.143. The molecule has 0 spiro atoms. The minimum Gasteiger partial charge on any atom is -0.207 e. The molecule has 0 aromatic heterocycles. The summed E-state index contributed by atoms with van der Waals surface area (Å²) in [5, 5.41) is 0.605. The summed E-state index contributed by atoms with van der Waals surface area (Å²) in [5.41, 5.74) is 1.00. The van der Waals surface area contributed by atoms with Crippen LogP contribution in [0.15, 0.2) is 36.4 Å². The second-order valence-corrected chi connectivity index (χ2v) is 5.63. The minimum absolute atomic E-state index is 0.0915. The number of hydrogen-bond acceptors (Lipinski definition) is 0. The molecular weight excluding hydrogens is 341 g/mol. The van der Waals surface area contributed by atoms with Gasteiger partial charge in [0.15, 0.2) is 11.6 Å². The molecule has 0 fully saturated rings. The Labute approximate surface area is 122 Å². The standard InChI is InChI=1S/C14H9BrClF3/c15-11(5-8-1-3-9(16)4-2-8)10-6-13(18)14(19)7-12(10)17/h1-4,6-7,11H,5H2. The third kappa shape index (κ3) is 3.51. The van der Waals surface area contributed by atoms with Crippen LogP contribution >= 0.6 is 27.5 Å². The van der Waals surface area contributed by atoms with Gasteiger partial charge < -0.3 is 0 Å². The third-order valence-corrected chi connectivity index (χ3v) is 3.77. The van der Waals surface area contributed by atoms with Crippen molar-refractivity contribution in [1.82, 2.24) is 0 Å². The maximum Gasteiger partial charge on any atom is 0.161 e. The highest BCUT2D eigenvalue weighted by Crippen LogP contribution is 2.30. The first-order valence-electron chi connectivity index (χ1n) is 5.50. The van der Waals surface area contributed by atoms with Crippen molar-refractivity contribution in [3.8, 4) is 0 Å². The number of rotatable bonds is 3. The van der Waals surface area contributed by atoms with Crippen molar-refractivity contribution >= 4 is 27.5 Å². The molecule has 0 amide bonds. The van der Waals surface area contributed by atoms with Gasteiger partial charge in [0.2, 0.25) is 0 Å². The van der Waals surface area contributed by atoms with Crippen molar-refractivity contribution in [1.29, 1.82) is 0 Å². The van der Waals surface area contributed by atoms with E-state index in [1.54, 1.807) is 24.3 Å². The van der Waals surface area contributed by atoms with Crippen LogP contribution in [0.3, 0.4) is 0 Å². The lowest BCUT2D eigenvalue weighted by Crippen LogP contribution is -2.01. The van der Waals surface area contributed by atoms with Crippen LogP contribution in [0.2, 0.25) is 5.02 Å². The molecule has 0 aliphatic heterocycles. The zero-order valence-corrected chi connectivity index (χ0v) is 12.0. The van der Waals surface area contributed by atoms with Crippen molar-refractivity contribution in [3.63, 3.8) is 0 Å². The highest BCUT2D eigenvalue weighted by Gasteiger charge is 2.17. The van der Waals surface area contributed by atoms with Crippen LogP contribution < -0.4 is 0 Å². The van der Waals surface area contributed by atoms with Crippen LogP contribution in [-0.2, 0) is 6.42 Å². The van der Waals surface area contributed by atoms with E-state index in [4.69, 9.17) is 11.6 Å². The fourth-order valence-electron chi connectivity index (χ4n) is 1.72. The normalized spacial score (nSPS) is 12.5. The molecule has 0 N–H and O–H groups in total. The first-order valence-corrected chi connectivity index (χ1v) is 6.79. The summed E-state index contributed by atoms with van der Waals surface area (Å²) in [4.78, 5) is -0.441. The van der Waals surface area contributed by atoms with Crippen LogP contribution in [0.5, 0.6) is 0 Å². The van der Waals surface area contributed by atoms with Gasteiger partial charge in [0.05, 0.1) is 0 Å². The predicted octanol–water partition coefficient (Wildman–Crippen LogP) is 5.44. The van der Waals surface area contributed by atoms with E-state index in [0.717, 1.165) is 11.6 Å². The van der Waals surface area contributed by atoms with Crippen molar-refractivity contribution < 1.29 is 13.2 Å². The molecule has 0 saturated heterocycles. The number of halogens is 5. The Balaban J connectivity index is 2.22. The summed E-state index contributed by atoms with van der Waals surface area (Å²) in [6, 6.07) is 8.47. The predicted molar refractivity (Wildman–Crippen MR) is 73.1 cm³/mol. The molecular formula is C14H9BrClF3. The smallest absolute Gasteiger partial charge is 0.161 e. The molecule has 2 aromatic rings. The van der Waals surface area contributed by atoms with E-state index < -0.39 is 22.3 Å². The summed E-state index contributed by atoms with van der Waals surface area (Å²) < 4.78 is 39.6. The Morgan fingerprint density at radius 2 is 1.53 bits per heavy atom. The van der Waals surface area contributed by atoms with Gasteiger partial charge in [0, 0.05) is 21.5 Å². The molecule has 0 aliphatic rings. The van der Waals surface area contributed by atoms with E-state index in [1.807, 2.05) is 0 Å². The molecule has 1 atom stereocenters. The number of alkyl halides is 1. The van der Waals surface area contributed by atoms with Gasteiger partial charge in [0.1, 0.15) is 5.82 Å². The van der Waals surface area contributed by atoms with Gasteiger partial charge in [-0.3, -0.25) is 0 Å². The zero-order valence-electron chi connectivity index (χ0n) is 9.64. The summed E-state index contributed by atoms with van der Waals surface area (Å²) in [7, 11) is 0. The Morgan fingerprint density at radius 1 is 0.947 bits per heavy atom. The Morgan fingerprint density at radius 3 is 2.16 bits per heavy atom. The summed E-state index contributed by atoms with van der Waals surface area (Å²) >= 11 is 9.05. The van der Waals surface area contributed by atoms with Crippen molar-refractivity contribution in [2.75, 3.05) is 0 Å². The summed E-state index contributed by atoms with van der Waals surface area (Å²) in [6.07, 6.45) is 0.444. The SMILES string of the molecule is Fc1cc(F)c(C(Br)Cc2ccc(Cl)cc2)cc1F. The Kier molecular flexibility index (Phi) is 4.53. The lowest BCUT2D eigenvalue weighted by molar-refractivity contribution is 0.489. The highest BCUT2D eigenvalue weighted by molar-refractivity contribution is 9.09. The van der Waals surface area contributed by atoms with E-state index in [0.29, 0.717) is 17.5 Å². The topological polar surface area (TPSA) is 0 Å². The van der Waals surface area contributed by atoms with Gasteiger partial charge >= 0.3 is 0 Å². The van der Waals surface area contributed by atoms with Crippen molar-refractivity contribution in [2.45, 2.75) is 11.2 Å². The quantitative estimate of drug-likeness (QED) is 0.511. The average molecular weight is 350 g/mol. The Hall–Kier alpha value is -1.00. The zero-order chi connectivity index (χ0) is 14.0. The van der Waals surface area contributed by atoms with E-state index in [1.165, 1.54) is 0 Å². The molecule has 2 rings (SSSR count). The highest BCUT2D eigenvalue weighted by atomic mass is 79.9. The van der Waals surface area contributed by atoms with Gasteiger partial charge in [-0.05, 0) is 30.2 Å². The van der Waals surface area contributed by atoms with Crippen LogP contribution in [0, 0.1) is 17.5 Å². The van der Waals surface area contributed by atoms with Crippen LogP contribution in [0.25, 0.3) is 0 Å². The molecule has 5 heteroatoms.